The zero-order valence-electron chi connectivity index (χ0n) is 10.6. The number of rotatable bonds is 5. The van der Waals surface area contributed by atoms with Crippen LogP contribution in [-0.2, 0) is 16.1 Å². The number of carbonyl (C=O) groups excluding carboxylic acids is 1. The van der Waals surface area contributed by atoms with Gasteiger partial charge in [-0.1, -0.05) is 0 Å². The molecule has 2 rings (SSSR count). The van der Waals surface area contributed by atoms with Crippen molar-refractivity contribution in [1.29, 1.82) is 0 Å². The smallest absolute Gasteiger partial charge is 0.246 e. The van der Waals surface area contributed by atoms with Crippen molar-refractivity contribution < 1.29 is 13.9 Å². The Morgan fingerprint density at radius 2 is 2.39 bits per heavy atom. The van der Waals surface area contributed by atoms with Crippen molar-refractivity contribution in [3.8, 4) is 0 Å². The number of aryl methyl sites for hydroxylation is 1. The fourth-order valence-electron chi connectivity index (χ4n) is 1.86. The maximum absolute atomic E-state index is 11.5. The molecule has 1 aliphatic heterocycles. The van der Waals surface area contributed by atoms with E-state index in [2.05, 4.69) is 15.6 Å². The first-order valence-corrected chi connectivity index (χ1v) is 6.24. The highest BCUT2D eigenvalue weighted by Crippen LogP contribution is 2.06. The van der Waals surface area contributed by atoms with Gasteiger partial charge in [0.15, 0.2) is 0 Å². The van der Waals surface area contributed by atoms with Gasteiger partial charge in [0.05, 0.1) is 18.8 Å². The molecule has 6 nitrogen and oxygen atoms in total. The van der Waals surface area contributed by atoms with Crippen molar-refractivity contribution in [2.24, 2.45) is 0 Å². The third kappa shape index (κ3) is 4.12. The summed E-state index contributed by atoms with van der Waals surface area (Å²) in [6, 6.07) is 0. The molecule has 6 heteroatoms. The van der Waals surface area contributed by atoms with Crippen LogP contribution >= 0.6 is 0 Å². The number of hydrogen-bond acceptors (Lipinski definition) is 5. The molecule has 0 aliphatic carbocycles. The molecule has 0 atom stereocenters. The second kappa shape index (κ2) is 6.51. The lowest BCUT2D eigenvalue weighted by atomic mass is 10.1. The van der Waals surface area contributed by atoms with Crippen LogP contribution < -0.4 is 10.6 Å². The molecule has 2 heterocycles. The van der Waals surface area contributed by atoms with Gasteiger partial charge in [-0.2, -0.15) is 0 Å². The Morgan fingerprint density at radius 3 is 3.06 bits per heavy atom. The Labute approximate surface area is 106 Å². The summed E-state index contributed by atoms with van der Waals surface area (Å²) < 4.78 is 10.8. The third-order valence-corrected chi connectivity index (χ3v) is 2.84. The number of ether oxygens (including phenoxy) is 1. The molecule has 0 saturated carbocycles. The number of nitrogens with one attached hydrogen (secondary N) is 2. The van der Waals surface area contributed by atoms with E-state index in [1.54, 1.807) is 6.20 Å². The fraction of sp³-hybridized carbons (Fsp3) is 0.667. The lowest BCUT2D eigenvalue weighted by molar-refractivity contribution is -0.128. The van der Waals surface area contributed by atoms with Crippen molar-refractivity contribution in [3.05, 3.63) is 17.8 Å². The monoisotopic (exact) mass is 253 g/mol. The van der Waals surface area contributed by atoms with Gasteiger partial charge in [0.2, 0.25) is 11.8 Å². The van der Waals surface area contributed by atoms with Gasteiger partial charge >= 0.3 is 0 Å². The highest BCUT2D eigenvalue weighted by atomic mass is 16.5. The van der Waals surface area contributed by atoms with Gasteiger partial charge in [0.1, 0.15) is 12.4 Å². The number of hydrogen-bond donors (Lipinski definition) is 2. The highest BCUT2D eigenvalue weighted by molar-refractivity contribution is 5.77. The average molecular weight is 253 g/mol. The molecule has 0 radical (unpaired) electrons. The first-order chi connectivity index (χ1) is 8.74. The summed E-state index contributed by atoms with van der Waals surface area (Å²) in [5, 5.41) is 5.97. The first kappa shape index (κ1) is 13.0. The summed E-state index contributed by atoms with van der Waals surface area (Å²) in [6.45, 7) is 4.15. The van der Waals surface area contributed by atoms with E-state index in [4.69, 9.17) is 9.15 Å². The molecular formula is C12H19N3O3. The average Bonchev–Trinajstić information content (AvgIpc) is 2.81. The van der Waals surface area contributed by atoms with E-state index < -0.39 is 0 Å². The van der Waals surface area contributed by atoms with Crippen LogP contribution in [0.15, 0.2) is 10.6 Å². The Bertz CT molecular complexity index is 386. The third-order valence-electron chi connectivity index (χ3n) is 2.84. The highest BCUT2D eigenvalue weighted by Gasteiger charge is 2.14. The quantitative estimate of drug-likeness (QED) is 0.792. The number of nitrogens with zero attached hydrogens (tertiary/aromatic N) is 1. The lowest BCUT2D eigenvalue weighted by Gasteiger charge is -2.22. The summed E-state index contributed by atoms with van der Waals surface area (Å²) in [4.78, 5) is 15.6. The number of aromatic nitrogens is 1. The van der Waals surface area contributed by atoms with Crippen molar-refractivity contribution in [2.45, 2.75) is 32.4 Å². The van der Waals surface area contributed by atoms with Gasteiger partial charge < -0.3 is 19.8 Å². The van der Waals surface area contributed by atoms with Gasteiger partial charge in [-0.25, -0.2) is 4.98 Å². The van der Waals surface area contributed by atoms with E-state index in [-0.39, 0.29) is 18.6 Å². The van der Waals surface area contributed by atoms with Crippen LogP contribution in [0.5, 0.6) is 0 Å². The summed E-state index contributed by atoms with van der Waals surface area (Å²) in [5.74, 6) is 1.12. The summed E-state index contributed by atoms with van der Waals surface area (Å²) >= 11 is 0. The molecule has 1 aromatic heterocycles. The second-order valence-electron chi connectivity index (χ2n) is 4.40. The second-order valence-corrected chi connectivity index (χ2v) is 4.40. The minimum Gasteiger partial charge on any atom is -0.444 e. The number of oxazole rings is 1. The maximum Gasteiger partial charge on any atom is 0.246 e. The van der Waals surface area contributed by atoms with E-state index in [1.807, 2.05) is 6.92 Å². The molecular weight excluding hydrogens is 234 g/mol. The van der Waals surface area contributed by atoms with E-state index in [9.17, 15) is 4.79 Å². The molecule has 0 unspecified atom stereocenters. The van der Waals surface area contributed by atoms with Crippen molar-refractivity contribution in [2.75, 3.05) is 19.7 Å². The fourth-order valence-corrected chi connectivity index (χ4v) is 1.86. The molecule has 18 heavy (non-hydrogen) atoms. The van der Waals surface area contributed by atoms with Crippen molar-refractivity contribution >= 4 is 5.91 Å². The van der Waals surface area contributed by atoms with E-state index in [0.717, 1.165) is 31.7 Å². The standard InChI is InChI=1S/C12H19N3O3/c1-9-6-15-12(18-9)7-14-11(16)8-17-10-2-4-13-5-3-10/h6,10,13H,2-5,7-8H2,1H3,(H,14,16). The Kier molecular flexibility index (Phi) is 4.72. The molecule has 1 aliphatic rings. The predicted molar refractivity (Wildman–Crippen MR) is 64.9 cm³/mol. The van der Waals surface area contributed by atoms with Crippen LogP contribution in [-0.4, -0.2) is 36.7 Å². The number of piperidine rings is 1. The topological polar surface area (TPSA) is 76.4 Å². The van der Waals surface area contributed by atoms with Crippen molar-refractivity contribution in [3.63, 3.8) is 0 Å². The minimum atomic E-state index is -0.135. The number of carbonyl (C=O) groups is 1. The Hall–Kier alpha value is -1.40. The van der Waals surface area contributed by atoms with Crippen LogP contribution in [0.1, 0.15) is 24.5 Å². The predicted octanol–water partition coefficient (Wildman–Crippen LogP) is 0.368. The normalized spacial score (nSPS) is 16.7. The van der Waals surface area contributed by atoms with Gasteiger partial charge in [0.25, 0.3) is 0 Å². The summed E-state index contributed by atoms with van der Waals surface area (Å²) in [7, 11) is 0. The molecule has 1 amide bonds. The largest absolute Gasteiger partial charge is 0.444 e. The van der Waals surface area contributed by atoms with Crippen LogP contribution in [0.3, 0.4) is 0 Å². The van der Waals surface area contributed by atoms with E-state index in [0.29, 0.717) is 12.4 Å². The molecule has 0 bridgehead atoms. The van der Waals surface area contributed by atoms with Crippen LogP contribution in [0.4, 0.5) is 0 Å². The maximum atomic E-state index is 11.5. The van der Waals surface area contributed by atoms with Gasteiger partial charge in [-0.15, -0.1) is 0 Å². The Balaban J connectivity index is 1.62. The van der Waals surface area contributed by atoms with Crippen molar-refractivity contribution in [1.82, 2.24) is 15.6 Å². The molecule has 0 spiro atoms. The lowest BCUT2D eigenvalue weighted by Crippen LogP contribution is -2.35. The molecule has 0 aromatic carbocycles. The van der Waals surface area contributed by atoms with Gasteiger partial charge in [-0.3, -0.25) is 4.79 Å². The van der Waals surface area contributed by atoms with Crippen LogP contribution in [0.2, 0.25) is 0 Å². The summed E-state index contributed by atoms with van der Waals surface area (Å²) in [5.41, 5.74) is 0. The zero-order chi connectivity index (χ0) is 12.8. The Morgan fingerprint density at radius 1 is 1.61 bits per heavy atom. The SMILES string of the molecule is Cc1cnc(CNC(=O)COC2CCNCC2)o1. The van der Waals surface area contributed by atoms with E-state index in [1.165, 1.54) is 0 Å². The summed E-state index contributed by atoms with van der Waals surface area (Å²) in [6.07, 6.45) is 3.76. The van der Waals surface area contributed by atoms with Gasteiger partial charge in [-0.05, 0) is 32.9 Å². The molecule has 1 aromatic rings. The number of amides is 1. The first-order valence-electron chi connectivity index (χ1n) is 6.24. The zero-order valence-corrected chi connectivity index (χ0v) is 10.6. The molecule has 1 fully saturated rings. The van der Waals surface area contributed by atoms with Gasteiger partial charge in [0, 0.05) is 0 Å². The van der Waals surface area contributed by atoms with E-state index >= 15 is 0 Å². The molecule has 1 saturated heterocycles. The van der Waals surface area contributed by atoms with Crippen LogP contribution in [0.25, 0.3) is 0 Å². The minimum absolute atomic E-state index is 0.102. The van der Waals surface area contributed by atoms with Crippen LogP contribution in [0, 0.1) is 6.92 Å². The molecule has 2 N–H and O–H groups in total. The molecule has 100 valence electrons.